The van der Waals surface area contributed by atoms with E-state index in [0.29, 0.717) is 26.3 Å². The number of aromatic nitrogens is 1. The Morgan fingerprint density at radius 3 is 2.69 bits per heavy atom. The lowest BCUT2D eigenvalue weighted by atomic mass is 10.1. The normalized spacial score (nSPS) is 11.0. The van der Waals surface area contributed by atoms with Crippen molar-refractivity contribution in [2.45, 2.75) is 40.3 Å². The molecule has 0 amide bonds. The summed E-state index contributed by atoms with van der Waals surface area (Å²) in [6.07, 6.45) is 2.67. The molecular formula is C22H33IN4O2. The van der Waals surface area contributed by atoms with E-state index in [0.717, 1.165) is 41.5 Å². The minimum absolute atomic E-state index is 0. The number of hydrogen-bond donors (Lipinski definition) is 2. The number of aryl methyl sites for hydroxylation is 2. The molecule has 2 aromatic rings. The fourth-order valence-corrected chi connectivity index (χ4v) is 2.69. The predicted molar refractivity (Wildman–Crippen MR) is 129 cm³/mol. The second-order valence-electron chi connectivity index (χ2n) is 6.62. The van der Waals surface area contributed by atoms with Gasteiger partial charge < -0.3 is 20.1 Å². The summed E-state index contributed by atoms with van der Waals surface area (Å²) in [5, 5.41) is 6.64. The van der Waals surface area contributed by atoms with Crippen molar-refractivity contribution in [1.82, 2.24) is 15.6 Å². The molecule has 2 rings (SSSR count). The summed E-state index contributed by atoms with van der Waals surface area (Å²) in [5.41, 5.74) is 4.42. The fraction of sp³-hybridized carbons (Fsp3) is 0.455. The molecule has 0 aliphatic carbocycles. The number of guanidine groups is 1. The highest BCUT2D eigenvalue weighted by Gasteiger charge is 2.06. The molecule has 0 bridgehead atoms. The molecular weight excluding hydrogens is 479 g/mol. The molecule has 0 radical (unpaired) electrons. The monoisotopic (exact) mass is 512 g/mol. The molecule has 29 heavy (non-hydrogen) atoms. The van der Waals surface area contributed by atoms with Gasteiger partial charge in [-0.05, 0) is 44.0 Å². The molecule has 1 aromatic heterocycles. The number of halogens is 1. The van der Waals surface area contributed by atoms with Crippen molar-refractivity contribution < 1.29 is 9.47 Å². The van der Waals surface area contributed by atoms with E-state index in [2.05, 4.69) is 60.7 Å². The molecule has 0 spiro atoms. The van der Waals surface area contributed by atoms with Crippen molar-refractivity contribution in [3.63, 3.8) is 0 Å². The Bertz CT molecular complexity index is 768. The van der Waals surface area contributed by atoms with Crippen LogP contribution in [0.15, 0.2) is 41.5 Å². The van der Waals surface area contributed by atoms with Gasteiger partial charge in [-0.2, -0.15) is 0 Å². The Hall–Kier alpha value is -1.87. The van der Waals surface area contributed by atoms with Gasteiger partial charge in [0.25, 0.3) is 0 Å². The zero-order chi connectivity index (χ0) is 20.2. The van der Waals surface area contributed by atoms with E-state index in [1.165, 1.54) is 5.56 Å². The van der Waals surface area contributed by atoms with Crippen molar-refractivity contribution in [3.05, 3.63) is 58.9 Å². The second kappa shape index (κ2) is 14.2. The van der Waals surface area contributed by atoms with E-state index < -0.39 is 0 Å². The van der Waals surface area contributed by atoms with Gasteiger partial charge in [0.2, 0.25) is 0 Å². The molecule has 0 aliphatic rings. The minimum atomic E-state index is 0. The molecule has 0 atom stereocenters. The maximum absolute atomic E-state index is 5.96. The molecule has 0 aliphatic heterocycles. The highest BCUT2D eigenvalue weighted by Crippen LogP contribution is 2.21. The SMILES string of the molecule is CCNC(=NCc1ccc(C)cc1OCCCOC)NCc1ncccc1C.I. The summed E-state index contributed by atoms with van der Waals surface area (Å²) in [5.74, 6) is 1.65. The lowest BCUT2D eigenvalue weighted by Gasteiger charge is -2.14. The first-order valence-corrected chi connectivity index (χ1v) is 9.78. The first-order valence-electron chi connectivity index (χ1n) is 9.78. The van der Waals surface area contributed by atoms with Crippen molar-refractivity contribution in [1.29, 1.82) is 0 Å². The van der Waals surface area contributed by atoms with E-state index in [9.17, 15) is 0 Å². The Labute approximate surface area is 191 Å². The Kier molecular flexibility index (Phi) is 12.3. The highest BCUT2D eigenvalue weighted by molar-refractivity contribution is 14.0. The molecule has 160 valence electrons. The number of pyridine rings is 1. The standard InChI is InChI=1S/C22H32N4O2.HI/c1-5-23-22(26-16-20-18(3)8-6-11-24-20)25-15-19-10-9-17(2)14-21(19)28-13-7-12-27-4;/h6,8-11,14H,5,7,12-13,15-16H2,1-4H3,(H2,23,25,26);1H. The topological polar surface area (TPSA) is 67.8 Å². The summed E-state index contributed by atoms with van der Waals surface area (Å²) < 4.78 is 11.0. The zero-order valence-corrected chi connectivity index (χ0v) is 20.2. The summed E-state index contributed by atoms with van der Waals surface area (Å²) in [4.78, 5) is 9.15. The summed E-state index contributed by atoms with van der Waals surface area (Å²) in [7, 11) is 1.70. The number of hydrogen-bond acceptors (Lipinski definition) is 4. The van der Waals surface area contributed by atoms with Gasteiger partial charge in [-0.15, -0.1) is 24.0 Å². The van der Waals surface area contributed by atoms with Crippen LogP contribution in [0, 0.1) is 13.8 Å². The zero-order valence-electron chi connectivity index (χ0n) is 17.8. The molecule has 0 saturated carbocycles. The second-order valence-corrected chi connectivity index (χ2v) is 6.62. The van der Waals surface area contributed by atoms with E-state index in [1.807, 2.05) is 12.3 Å². The molecule has 7 heteroatoms. The summed E-state index contributed by atoms with van der Waals surface area (Å²) in [6, 6.07) is 10.2. The van der Waals surface area contributed by atoms with Crippen molar-refractivity contribution in [2.75, 3.05) is 26.9 Å². The van der Waals surface area contributed by atoms with Gasteiger partial charge in [-0.1, -0.05) is 18.2 Å². The van der Waals surface area contributed by atoms with Crippen molar-refractivity contribution in [3.8, 4) is 5.75 Å². The van der Waals surface area contributed by atoms with Gasteiger partial charge in [0, 0.05) is 38.4 Å². The quantitative estimate of drug-likeness (QED) is 0.218. The minimum Gasteiger partial charge on any atom is -0.493 e. The van der Waals surface area contributed by atoms with E-state index in [4.69, 9.17) is 14.5 Å². The number of ether oxygens (including phenoxy) is 2. The van der Waals surface area contributed by atoms with Gasteiger partial charge in [-0.25, -0.2) is 4.99 Å². The summed E-state index contributed by atoms with van der Waals surface area (Å²) >= 11 is 0. The van der Waals surface area contributed by atoms with E-state index in [-0.39, 0.29) is 24.0 Å². The highest BCUT2D eigenvalue weighted by atomic mass is 127. The Balaban J connectivity index is 0.00000420. The number of methoxy groups -OCH3 is 1. The molecule has 6 nitrogen and oxygen atoms in total. The van der Waals surface area contributed by atoms with Gasteiger partial charge in [0.05, 0.1) is 25.4 Å². The van der Waals surface area contributed by atoms with Crippen LogP contribution in [0.4, 0.5) is 0 Å². The third-order valence-corrected chi connectivity index (χ3v) is 4.27. The van der Waals surface area contributed by atoms with Gasteiger partial charge in [-0.3, -0.25) is 4.98 Å². The molecule has 1 heterocycles. The number of rotatable bonds is 10. The Morgan fingerprint density at radius 1 is 1.14 bits per heavy atom. The molecule has 1 aromatic carbocycles. The summed E-state index contributed by atoms with van der Waals surface area (Å²) in [6.45, 7) is 9.47. The predicted octanol–water partition coefficient (Wildman–Crippen LogP) is 3.99. The largest absolute Gasteiger partial charge is 0.493 e. The number of aliphatic imine (C=N–C) groups is 1. The number of benzene rings is 1. The van der Waals surface area contributed by atoms with Crippen LogP contribution in [0.5, 0.6) is 5.75 Å². The van der Waals surface area contributed by atoms with E-state index >= 15 is 0 Å². The van der Waals surface area contributed by atoms with Crippen LogP contribution in [0.3, 0.4) is 0 Å². The van der Waals surface area contributed by atoms with Crippen LogP contribution in [-0.2, 0) is 17.8 Å². The molecule has 0 fully saturated rings. The molecule has 0 unspecified atom stereocenters. The van der Waals surface area contributed by atoms with Crippen LogP contribution in [-0.4, -0.2) is 37.8 Å². The average Bonchev–Trinajstić information content (AvgIpc) is 2.69. The van der Waals surface area contributed by atoms with Crippen LogP contribution >= 0.6 is 24.0 Å². The fourth-order valence-electron chi connectivity index (χ4n) is 2.69. The lowest BCUT2D eigenvalue weighted by molar-refractivity contribution is 0.172. The lowest BCUT2D eigenvalue weighted by Crippen LogP contribution is -2.37. The smallest absolute Gasteiger partial charge is 0.191 e. The van der Waals surface area contributed by atoms with Gasteiger partial charge in [0.1, 0.15) is 5.75 Å². The Morgan fingerprint density at radius 2 is 1.97 bits per heavy atom. The third-order valence-electron chi connectivity index (χ3n) is 4.27. The van der Waals surface area contributed by atoms with Crippen molar-refractivity contribution in [2.24, 2.45) is 4.99 Å². The molecule has 2 N–H and O–H groups in total. The maximum atomic E-state index is 5.96. The van der Waals surface area contributed by atoms with Gasteiger partial charge >= 0.3 is 0 Å². The average molecular weight is 512 g/mol. The molecule has 0 saturated heterocycles. The maximum Gasteiger partial charge on any atom is 0.191 e. The van der Waals surface area contributed by atoms with E-state index in [1.54, 1.807) is 7.11 Å². The van der Waals surface area contributed by atoms with Crippen LogP contribution < -0.4 is 15.4 Å². The van der Waals surface area contributed by atoms with Crippen LogP contribution in [0.2, 0.25) is 0 Å². The van der Waals surface area contributed by atoms with Gasteiger partial charge in [0.15, 0.2) is 5.96 Å². The van der Waals surface area contributed by atoms with Crippen LogP contribution in [0.25, 0.3) is 0 Å². The van der Waals surface area contributed by atoms with Crippen LogP contribution in [0.1, 0.15) is 35.7 Å². The third kappa shape index (κ3) is 8.99. The first-order chi connectivity index (χ1) is 13.6. The van der Waals surface area contributed by atoms with Crippen molar-refractivity contribution >= 4 is 29.9 Å². The number of nitrogens with one attached hydrogen (secondary N) is 2. The first kappa shape index (κ1) is 25.2. The number of nitrogens with zero attached hydrogens (tertiary/aromatic N) is 2.